The second-order valence-electron chi connectivity index (χ2n) is 8.20. The smallest absolute Gasteiger partial charge is 0.223 e. The molecule has 32 heavy (non-hydrogen) atoms. The van der Waals surface area contributed by atoms with E-state index in [9.17, 15) is 9.18 Å². The third-order valence-corrected chi connectivity index (χ3v) is 6.04. The van der Waals surface area contributed by atoms with E-state index in [1.54, 1.807) is 12.1 Å². The predicted octanol–water partition coefficient (Wildman–Crippen LogP) is 4.44. The number of benzene rings is 3. The topological polar surface area (TPSA) is 35.6 Å². The number of carbonyl (C=O) groups excluding carboxylic acids is 1. The van der Waals surface area contributed by atoms with Crippen LogP contribution in [0.15, 0.2) is 84.9 Å². The number of hydrogen-bond acceptors (Lipinski definition) is 3. The average Bonchev–Trinajstić information content (AvgIpc) is 2.85. The first-order valence-corrected chi connectivity index (χ1v) is 11.3. The van der Waals surface area contributed by atoms with E-state index in [1.807, 2.05) is 17.0 Å². The molecule has 0 saturated carbocycles. The highest BCUT2D eigenvalue weighted by Crippen LogP contribution is 2.19. The Morgan fingerprint density at radius 1 is 0.844 bits per heavy atom. The summed E-state index contributed by atoms with van der Waals surface area (Å²) in [6, 6.07) is 27.6. The fraction of sp³-hybridized carbons (Fsp3) is 0.296. The first-order chi connectivity index (χ1) is 15.7. The highest BCUT2D eigenvalue weighted by molar-refractivity contribution is 5.76. The lowest BCUT2D eigenvalue weighted by molar-refractivity contribution is -0.131. The zero-order valence-electron chi connectivity index (χ0n) is 18.3. The number of halogens is 1. The Morgan fingerprint density at radius 3 is 2.12 bits per heavy atom. The van der Waals surface area contributed by atoms with Crippen molar-refractivity contribution < 1.29 is 9.18 Å². The van der Waals surface area contributed by atoms with E-state index >= 15 is 0 Å². The van der Waals surface area contributed by atoms with Gasteiger partial charge in [-0.1, -0.05) is 60.7 Å². The Labute approximate surface area is 189 Å². The molecule has 0 bridgehead atoms. The summed E-state index contributed by atoms with van der Waals surface area (Å²) >= 11 is 0. The Morgan fingerprint density at radius 2 is 1.47 bits per heavy atom. The molecule has 0 aromatic heterocycles. The third kappa shape index (κ3) is 5.95. The molecule has 1 amide bonds. The van der Waals surface area contributed by atoms with Gasteiger partial charge in [0.1, 0.15) is 5.82 Å². The molecule has 1 atom stereocenters. The summed E-state index contributed by atoms with van der Waals surface area (Å²) in [5.74, 6) is -0.0427. The van der Waals surface area contributed by atoms with Crippen molar-refractivity contribution in [2.45, 2.75) is 18.9 Å². The van der Waals surface area contributed by atoms with Gasteiger partial charge in [0.2, 0.25) is 5.91 Å². The second-order valence-corrected chi connectivity index (χ2v) is 8.20. The Hall–Kier alpha value is -3.18. The summed E-state index contributed by atoms with van der Waals surface area (Å²) in [6.45, 7) is 3.57. The third-order valence-electron chi connectivity index (χ3n) is 6.04. The van der Waals surface area contributed by atoms with E-state index in [1.165, 1.54) is 23.3 Å². The maximum absolute atomic E-state index is 13.2. The minimum absolute atomic E-state index is 0.168. The average molecular weight is 432 g/mol. The number of nitrogens with one attached hydrogen (secondary N) is 1. The van der Waals surface area contributed by atoms with Crippen LogP contribution in [0.2, 0.25) is 0 Å². The maximum atomic E-state index is 13.2. The van der Waals surface area contributed by atoms with Crippen LogP contribution >= 0.6 is 0 Å². The molecule has 0 spiro atoms. The van der Waals surface area contributed by atoms with E-state index in [-0.39, 0.29) is 17.8 Å². The van der Waals surface area contributed by atoms with Crippen molar-refractivity contribution in [2.75, 3.05) is 37.6 Å². The number of carbonyl (C=O) groups is 1. The van der Waals surface area contributed by atoms with E-state index < -0.39 is 0 Å². The van der Waals surface area contributed by atoms with E-state index in [4.69, 9.17) is 0 Å². The molecule has 3 aromatic carbocycles. The standard InChI is InChI=1S/C27H30FN3O/c28-24-11-13-25(14-12-24)30-17-19-31(20-18-30)27(32)15-16-29-26(23-9-5-2-6-10-23)21-22-7-3-1-4-8-22/h1-14,26,29H,15-21H2. The van der Waals surface area contributed by atoms with Crippen LogP contribution in [-0.2, 0) is 11.2 Å². The molecule has 1 aliphatic rings. The van der Waals surface area contributed by atoms with Crippen LogP contribution < -0.4 is 10.2 Å². The minimum Gasteiger partial charge on any atom is -0.368 e. The monoisotopic (exact) mass is 431 g/mol. The van der Waals surface area contributed by atoms with Crippen LogP contribution in [0.1, 0.15) is 23.6 Å². The fourth-order valence-corrected chi connectivity index (χ4v) is 4.22. The van der Waals surface area contributed by atoms with Crippen LogP contribution in [0, 0.1) is 5.82 Å². The predicted molar refractivity (Wildman–Crippen MR) is 127 cm³/mol. The highest BCUT2D eigenvalue weighted by Gasteiger charge is 2.21. The Kier molecular flexibility index (Phi) is 7.51. The van der Waals surface area contributed by atoms with Gasteiger partial charge in [0.25, 0.3) is 0 Å². The molecule has 4 rings (SSSR count). The molecule has 3 aromatic rings. The first kappa shape index (κ1) is 22.0. The molecule has 1 fully saturated rings. The van der Waals surface area contributed by atoms with Gasteiger partial charge in [-0.25, -0.2) is 4.39 Å². The van der Waals surface area contributed by atoms with Gasteiger partial charge in [-0.15, -0.1) is 0 Å². The van der Waals surface area contributed by atoms with Gasteiger partial charge in [0.05, 0.1) is 0 Å². The van der Waals surface area contributed by atoms with Crippen molar-refractivity contribution >= 4 is 11.6 Å². The summed E-state index contributed by atoms with van der Waals surface area (Å²) in [7, 11) is 0. The maximum Gasteiger partial charge on any atom is 0.223 e. The molecular weight excluding hydrogens is 401 g/mol. The Bertz CT molecular complexity index is 971. The van der Waals surface area contributed by atoms with Crippen molar-refractivity contribution in [1.82, 2.24) is 10.2 Å². The number of amides is 1. The van der Waals surface area contributed by atoms with E-state index in [0.717, 1.165) is 25.2 Å². The molecular formula is C27H30FN3O. The fourth-order valence-electron chi connectivity index (χ4n) is 4.22. The lowest BCUT2D eigenvalue weighted by Gasteiger charge is -2.36. The SMILES string of the molecule is O=C(CCNC(Cc1ccccc1)c1ccccc1)N1CCN(c2ccc(F)cc2)CC1. The lowest BCUT2D eigenvalue weighted by atomic mass is 9.99. The molecule has 5 heteroatoms. The molecule has 166 valence electrons. The van der Waals surface area contributed by atoms with Gasteiger partial charge in [0, 0.05) is 50.9 Å². The van der Waals surface area contributed by atoms with Gasteiger partial charge < -0.3 is 15.1 Å². The molecule has 1 N–H and O–H groups in total. The zero-order valence-corrected chi connectivity index (χ0v) is 18.3. The second kappa shape index (κ2) is 10.9. The number of piperazine rings is 1. The summed E-state index contributed by atoms with van der Waals surface area (Å²) in [6.07, 6.45) is 1.37. The minimum atomic E-state index is -0.226. The quantitative estimate of drug-likeness (QED) is 0.573. The van der Waals surface area contributed by atoms with Crippen molar-refractivity contribution in [3.8, 4) is 0 Å². The Balaban J connectivity index is 1.27. The van der Waals surface area contributed by atoms with Crippen molar-refractivity contribution in [3.63, 3.8) is 0 Å². The zero-order chi connectivity index (χ0) is 22.2. The number of hydrogen-bond donors (Lipinski definition) is 1. The molecule has 1 saturated heterocycles. The normalized spacial score (nSPS) is 14.9. The molecule has 1 heterocycles. The van der Waals surface area contributed by atoms with Crippen LogP contribution in [-0.4, -0.2) is 43.5 Å². The van der Waals surface area contributed by atoms with Crippen LogP contribution in [0.25, 0.3) is 0 Å². The molecule has 4 nitrogen and oxygen atoms in total. The van der Waals surface area contributed by atoms with Crippen LogP contribution in [0.5, 0.6) is 0 Å². The van der Waals surface area contributed by atoms with Crippen molar-refractivity contribution in [2.24, 2.45) is 0 Å². The molecule has 0 aliphatic carbocycles. The van der Waals surface area contributed by atoms with Gasteiger partial charge in [-0.05, 0) is 41.8 Å². The van der Waals surface area contributed by atoms with Crippen molar-refractivity contribution in [1.29, 1.82) is 0 Å². The number of nitrogens with zero attached hydrogens (tertiary/aromatic N) is 2. The van der Waals surface area contributed by atoms with E-state index in [2.05, 4.69) is 58.7 Å². The van der Waals surface area contributed by atoms with Gasteiger partial charge in [-0.3, -0.25) is 4.79 Å². The molecule has 1 unspecified atom stereocenters. The number of rotatable bonds is 8. The summed E-state index contributed by atoms with van der Waals surface area (Å²) in [4.78, 5) is 16.9. The lowest BCUT2D eigenvalue weighted by Crippen LogP contribution is -2.49. The summed E-state index contributed by atoms with van der Waals surface area (Å²) in [5.41, 5.74) is 3.51. The first-order valence-electron chi connectivity index (χ1n) is 11.3. The molecule has 0 radical (unpaired) electrons. The highest BCUT2D eigenvalue weighted by atomic mass is 19.1. The van der Waals surface area contributed by atoms with Crippen LogP contribution in [0.3, 0.4) is 0 Å². The summed E-state index contributed by atoms with van der Waals surface area (Å²) in [5, 5.41) is 3.60. The summed E-state index contributed by atoms with van der Waals surface area (Å²) < 4.78 is 13.2. The number of anilines is 1. The van der Waals surface area contributed by atoms with Gasteiger partial charge in [-0.2, -0.15) is 0 Å². The van der Waals surface area contributed by atoms with Crippen LogP contribution in [0.4, 0.5) is 10.1 Å². The largest absolute Gasteiger partial charge is 0.368 e. The van der Waals surface area contributed by atoms with Gasteiger partial charge in [0.15, 0.2) is 0 Å². The molecule has 1 aliphatic heterocycles. The van der Waals surface area contributed by atoms with E-state index in [0.29, 0.717) is 26.1 Å². The van der Waals surface area contributed by atoms with Crippen molar-refractivity contribution in [3.05, 3.63) is 102 Å². The van der Waals surface area contributed by atoms with Gasteiger partial charge >= 0.3 is 0 Å².